The van der Waals surface area contributed by atoms with Crippen molar-refractivity contribution in [1.82, 2.24) is 14.9 Å². The SMILES string of the molecule is O=C1O[C@@H](CCN2CCN(c3ccc4[nH]c(=O)[nH]c4c3)CC2)CC12CCCCC2. The summed E-state index contributed by atoms with van der Waals surface area (Å²) < 4.78 is 5.77. The van der Waals surface area contributed by atoms with Gasteiger partial charge in [0, 0.05) is 44.8 Å². The smallest absolute Gasteiger partial charge is 0.323 e. The largest absolute Gasteiger partial charge is 0.462 e. The molecule has 2 aliphatic heterocycles. The van der Waals surface area contributed by atoms with Crippen molar-refractivity contribution in [2.24, 2.45) is 5.41 Å². The number of carbonyl (C=O) groups excluding carboxylic acids is 1. The van der Waals surface area contributed by atoms with Gasteiger partial charge in [-0.3, -0.25) is 9.69 Å². The van der Waals surface area contributed by atoms with Crippen LogP contribution < -0.4 is 10.6 Å². The van der Waals surface area contributed by atoms with E-state index in [1.54, 1.807) is 0 Å². The highest BCUT2D eigenvalue weighted by Crippen LogP contribution is 2.46. The Morgan fingerprint density at radius 1 is 1.00 bits per heavy atom. The molecule has 7 nitrogen and oxygen atoms in total. The lowest BCUT2D eigenvalue weighted by Gasteiger charge is -2.36. The third-order valence-corrected chi connectivity index (χ3v) is 7.14. The van der Waals surface area contributed by atoms with Gasteiger partial charge in [-0.2, -0.15) is 0 Å². The maximum atomic E-state index is 12.4. The van der Waals surface area contributed by atoms with Gasteiger partial charge < -0.3 is 19.6 Å². The number of benzene rings is 1. The highest BCUT2D eigenvalue weighted by Gasteiger charge is 2.48. The quantitative estimate of drug-likeness (QED) is 0.774. The summed E-state index contributed by atoms with van der Waals surface area (Å²) in [6.45, 7) is 4.94. The Labute approximate surface area is 170 Å². The topological polar surface area (TPSA) is 81.4 Å². The average molecular weight is 399 g/mol. The number of carbonyl (C=O) groups is 1. The molecule has 1 spiro atoms. The number of rotatable bonds is 4. The number of cyclic esters (lactones) is 1. The second-order valence-corrected chi connectivity index (χ2v) is 9.00. The molecular formula is C22H30N4O3. The molecular weight excluding hydrogens is 368 g/mol. The van der Waals surface area contributed by atoms with Crippen LogP contribution in [0.3, 0.4) is 0 Å². The maximum Gasteiger partial charge on any atom is 0.323 e. The number of aromatic nitrogens is 2. The first-order valence-electron chi connectivity index (χ1n) is 11.0. The van der Waals surface area contributed by atoms with Gasteiger partial charge in [0.15, 0.2) is 0 Å². The zero-order valence-corrected chi connectivity index (χ0v) is 16.9. The van der Waals surface area contributed by atoms with Crippen molar-refractivity contribution in [3.63, 3.8) is 0 Å². The van der Waals surface area contributed by atoms with E-state index in [-0.39, 0.29) is 23.2 Å². The molecule has 29 heavy (non-hydrogen) atoms. The van der Waals surface area contributed by atoms with Crippen LogP contribution in [0.1, 0.15) is 44.9 Å². The Morgan fingerprint density at radius 3 is 2.55 bits per heavy atom. The molecule has 2 N–H and O–H groups in total. The highest BCUT2D eigenvalue weighted by molar-refractivity contribution is 5.79. The van der Waals surface area contributed by atoms with E-state index in [2.05, 4.69) is 25.8 Å². The summed E-state index contributed by atoms with van der Waals surface area (Å²) in [5, 5.41) is 0. The molecule has 2 saturated heterocycles. The lowest BCUT2D eigenvalue weighted by molar-refractivity contribution is -0.150. The molecule has 0 radical (unpaired) electrons. The molecule has 3 aliphatic rings. The fourth-order valence-corrected chi connectivity index (χ4v) is 5.41. The number of nitrogens with one attached hydrogen (secondary N) is 2. The number of fused-ring (bicyclic) bond motifs is 1. The minimum atomic E-state index is -0.162. The van der Waals surface area contributed by atoms with Gasteiger partial charge in [-0.25, -0.2) is 4.79 Å². The highest BCUT2D eigenvalue weighted by atomic mass is 16.6. The lowest BCUT2D eigenvalue weighted by atomic mass is 9.72. The number of hydrogen-bond acceptors (Lipinski definition) is 5. The summed E-state index contributed by atoms with van der Waals surface area (Å²) in [6.07, 6.45) is 7.64. The van der Waals surface area contributed by atoms with Gasteiger partial charge in [-0.05, 0) is 37.5 Å². The van der Waals surface area contributed by atoms with Crippen LogP contribution in [0.25, 0.3) is 11.0 Å². The maximum absolute atomic E-state index is 12.4. The van der Waals surface area contributed by atoms with Crippen molar-refractivity contribution in [2.75, 3.05) is 37.6 Å². The molecule has 1 aromatic carbocycles. The Kier molecular flexibility index (Phi) is 4.86. The van der Waals surface area contributed by atoms with Crippen molar-refractivity contribution in [2.45, 2.75) is 51.0 Å². The first kappa shape index (κ1) is 18.7. The second-order valence-electron chi connectivity index (χ2n) is 9.00. The molecule has 0 amide bonds. The minimum Gasteiger partial charge on any atom is -0.462 e. The molecule has 156 valence electrons. The van der Waals surface area contributed by atoms with Crippen LogP contribution in [0.5, 0.6) is 0 Å². The van der Waals surface area contributed by atoms with E-state index in [4.69, 9.17) is 4.74 Å². The van der Waals surface area contributed by atoms with Crippen molar-refractivity contribution in [3.8, 4) is 0 Å². The molecule has 3 fully saturated rings. The van der Waals surface area contributed by atoms with Crippen LogP contribution in [-0.4, -0.2) is 59.7 Å². The van der Waals surface area contributed by atoms with Crippen LogP contribution in [0.4, 0.5) is 5.69 Å². The number of hydrogen-bond donors (Lipinski definition) is 2. The number of esters is 1. The molecule has 0 bridgehead atoms. The Bertz CT molecular complexity index is 935. The van der Waals surface area contributed by atoms with Crippen LogP contribution in [-0.2, 0) is 9.53 Å². The van der Waals surface area contributed by atoms with E-state index in [1.165, 1.54) is 19.3 Å². The number of anilines is 1. The van der Waals surface area contributed by atoms with Crippen molar-refractivity contribution in [3.05, 3.63) is 28.7 Å². The molecule has 2 aromatic rings. The molecule has 7 heteroatoms. The number of aromatic amines is 2. The number of H-pyrrole nitrogens is 2. The summed E-state index contributed by atoms with van der Waals surface area (Å²) >= 11 is 0. The summed E-state index contributed by atoms with van der Waals surface area (Å²) in [7, 11) is 0. The van der Waals surface area contributed by atoms with Gasteiger partial charge in [-0.1, -0.05) is 19.3 Å². The zero-order chi connectivity index (χ0) is 19.8. The van der Waals surface area contributed by atoms with Gasteiger partial charge in [-0.15, -0.1) is 0 Å². The average Bonchev–Trinajstić information content (AvgIpc) is 3.25. The fraction of sp³-hybridized carbons (Fsp3) is 0.636. The first-order chi connectivity index (χ1) is 14.1. The number of ether oxygens (including phenoxy) is 1. The summed E-state index contributed by atoms with van der Waals surface area (Å²) in [6, 6.07) is 6.08. The molecule has 0 unspecified atom stereocenters. The van der Waals surface area contributed by atoms with Crippen LogP contribution in [0, 0.1) is 5.41 Å². The van der Waals surface area contributed by atoms with Gasteiger partial charge in [0.2, 0.25) is 0 Å². The third kappa shape index (κ3) is 3.68. The third-order valence-electron chi connectivity index (χ3n) is 7.14. The minimum absolute atomic E-state index is 0.0743. The molecule has 3 heterocycles. The predicted molar refractivity (Wildman–Crippen MR) is 112 cm³/mol. The lowest BCUT2D eigenvalue weighted by Crippen LogP contribution is -2.47. The van der Waals surface area contributed by atoms with Crippen LogP contribution >= 0.6 is 0 Å². The summed E-state index contributed by atoms with van der Waals surface area (Å²) in [5.74, 6) is 0.0743. The molecule has 1 saturated carbocycles. The Balaban J connectivity index is 1.12. The van der Waals surface area contributed by atoms with Crippen molar-refractivity contribution in [1.29, 1.82) is 0 Å². The molecule has 1 aromatic heterocycles. The van der Waals surface area contributed by atoms with Gasteiger partial charge >= 0.3 is 11.7 Å². The zero-order valence-electron chi connectivity index (χ0n) is 16.9. The molecule has 1 aliphatic carbocycles. The predicted octanol–water partition coefficient (Wildman–Crippen LogP) is 2.63. The first-order valence-corrected chi connectivity index (χ1v) is 11.0. The fourth-order valence-electron chi connectivity index (χ4n) is 5.41. The Hall–Kier alpha value is -2.28. The molecule has 5 rings (SSSR count). The normalized spacial score (nSPS) is 25.0. The monoisotopic (exact) mass is 398 g/mol. The number of piperazine rings is 1. The van der Waals surface area contributed by atoms with E-state index >= 15 is 0 Å². The van der Waals surface area contributed by atoms with Gasteiger partial charge in [0.05, 0.1) is 16.4 Å². The summed E-state index contributed by atoms with van der Waals surface area (Å²) in [5.41, 5.74) is 2.54. The van der Waals surface area contributed by atoms with Crippen LogP contribution in [0.15, 0.2) is 23.0 Å². The van der Waals surface area contributed by atoms with Crippen molar-refractivity contribution < 1.29 is 9.53 Å². The van der Waals surface area contributed by atoms with E-state index in [0.29, 0.717) is 0 Å². The molecule has 1 atom stereocenters. The summed E-state index contributed by atoms with van der Waals surface area (Å²) in [4.78, 5) is 34.4. The van der Waals surface area contributed by atoms with Gasteiger partial charge in [0.1, 0.15) is 6.10 Å². The van der Waals surface area contributed by atoms with E-state index in [1.807, 2.05) is 12.1 Å². The standard InChI is InChI=1S/C22H30N4O3/c27-20-22(7-2-1-3-8-22)15-17(29-20)6-9-25-10-12-26(13-11-25)16-4-5-18-19(14-16)24-21(28)23-18/h4-5,14,17H,1-3,6-13,15H2,(H2,23,24,28)/t17-/m0/s1. The van der Waals surface area contributed by atoms with Gasteiger partial charge in [0.25, 0.3) is 0 Å². The van der Waals surface area contributed by atoms with Crippen LogP contribution in [0.2, 0.25) is 0 Å². The van der Waals surface area contributed by atoms with E-state index < -0.39 is 0 Å². The number of imidazole rings is 1. The number of nitrogens with zero attached hydrogens (tertiary/aromatic N) is 2. The van der Waals surface area contributed by atoms with E-state index in [0.717, 1.165) is 75.1 Å². The Morgan fingerprint density at radius 2 is 1.76 bits per heavy atom. The second kappa shape index (κ2) is 7.52. The van der Waals surface area contributed by atoms with E-state index in [9.17, 15) is 9.59 Å². The van der Waals surface area contributed by atoms with Crippen molar-refractivity contribution >= 4 is 22.7 Å².